The molecule has 0 heterocycles. The quantitative estimate of drug-likeness (QED) is 0.295. The maximum absolute atomic E-state index is 12.4. The Bertz CT molecular complexity index is 719. The van der Waals surface area contributed by atoms with Crippen LogP contribution in [0.3, 0.4) is 0 Å². The number of hydrogen-bond acceptors (Lipinski definition) is 6. The van der Waals surface area contributed by atoms with Crippen molar-refractivity contribution in [2.45, 2.75) is 32.6 Å². The Hall–Kier alpha value is -3.01. The molecule has 0 saturated carbocycles. The monoisotopic (exact) mass is 345 g/mol. The van der Waals surface area contributed by atoms with E-state index in [1.807, 2.05) is 0 Å². The Labute approximate surface area is 145 Å². The molecule has 7 heteroatoms. The fraction of sp³-hybridized carbons (Fsp3) is 0.389. The van der Waals surface area contributed by atoms with Gasteiger partial charge in [-0.3, -0.25) is 24.5 Å². The average molecular weight is 345 g/mol. The highest BCUT2D eigenvalue weighted by atomic mass is 16.6. The van der Waals surface area contributed by atoms with Crippen LogP contribution in [-0.2, 0) is 19.1 Å². The summed E-state index contributed by atoms with van der Waals surface area (Å²) in [4.78, 5) is 46.7. The van der Waals surface area contributed by atoms with Crippen LogP contribution < -0.4 is 0 Å². The largest absolute Gasteiger partial charge is 0.452 e. The van der Waals surface area contributed by atoms with Crippen molar-refractivity contribution in [1.82, 2.24) is 0 Å². The first-order valence-electron chi connectivity index (χ1n) is 7.68. The van der Waals surface area contributed by atoms with E-state index in [2.05, 4.69) is 5.92 Å². The lowest BCUT2D eigenvalue weighted by Gasteiger charge is -2.23. The van der Waals surface area contributed by atoms with E-state index in [-0.39, 0.29) is 36.7 Å². The zero-order valence-electron chi connectivity index (χ0n) is 14.1. The number of carbonyl (C=O) groups is 3. The molecular weight excluding hydrogens is 326 g/mol. The minimum absolute atomic E-state index is 0.122. The Morgan fingerprint density at radius 1 is 1.36 bits per heavy atom. The Morgan fingerprint density at radius 3 is 2.56 bits per heavy atom. The second kappa shape index (κ2) is 9.33. The van der Waals surface area contributed by atoms with E-state index < -0.39 is 22.7 Å². The number of nitrogens with zero attached hydrogens (tertiary/aromatic N) is 1. The van der Waals surface area contributed by atoms with Crippen LogP contribution in [0.2, 0.25) is 0 Å². The molecule has 0 bridgehead atoms. The first-order chi connectivity index (χ1) is 11.8. The molecule has 1 aromatic carbocycles. The number of rotatable bonds is 9. The molecule has 2 atom stereocenters. The van der Waals surface area contributed by atoms with Gasteiger partial charge in [0, 0.05) is 24.5 Å². The van der Waals surface area contributed by atoms with Crippen LogP contribution in [0.25, 0.3) is 0 Å². The number of ether oxygens (including phenoxy) is 1. The van der Waals surface area contributed by atoms with Crippen molar-refractivity contribution in [3.8, 4) is 12.3 Å². The van der Waals surface area contributed by atoms with Gasteiger partial charge in [-0.1, -0.05) is 25.0 Å². The molecule has 0 aromatic heterocycles. The van der Waals surface area contributed by atoms with Crippen LogP contribution in [0, 0.1) is 28.4 Å². The van der Waals surface area contributed by atoms with E-state index in [1.165, 1.54) is 31.2 Å². The number of ketones is 2. The van der Waals surface area contributed by atoms with E-state index >= 15 is 0 Å². The van der Waals surface area contributed by atoms with Gasteiger partial charge in [-0.2, -0.15) is 0 Å². The number of terminal acetylenes is 1. The minimum atomic E-state index is -0.972. The molecule has 0 fully saturated rings. The van der Waals surface area contributed by atoms with Gasteiger partial charge >= 0.3 is 5.97 Å². The highest BCUT2D eigenvalue weighted by Gasteiger charge is 2.34. The van der Waals surface area contributed by atoms with Crippen LogP contribution >= 0.6 is 0 Å². The van der Waals surface area contributed by atoms with Crippen LogP contribution in [0.1, 0.15) is 38.2 Å². The smallest absolute Gasteiger partial charge is 0.307 e. The number of nitro benzene ring substituents is 1. The minimum Gasteiger partial charge on any atom is -0.452 e. The summed E-state index contributed by atoms with van der Waals surface area (Å²) < 4.78 is 4.79. The summed E-state index contributed by atoms with van der Waals surface area (Å²) in [5.74, 6) is -1.15. The highest BCUT2D eigenvalue weighted by Crippen LogP contribution is 2.32. The maximum atomic E-state index is 12.4. The summed E-state index contributed by atoms with van der Waals surface area (Å²) in [6.45, 7) is 2.67. The number of carbonyl (C=O) groups excluding carboxylic acids is 3. The lowest BCUT2D eigenvalue weighted by atomic mass is 9.78. The SMILES string of the molecule is C#CCOC(=O)CC(C(C)=O)C(C(=O)CC)c1cccc([N+](=O)[O-])c1. The molecule has 0 spiro atoms. The zero-order valence-corrected chi connectivity index (χ0v) is 14.1. The van der Waals surface area contributed by atoms with Gasteiger partial charge in [0.05, 0.1) is 17.3 Å². The molecule has 132 valence electrons. The van der Waals surface area contributed by atoms with E-state index in [0.29, 0.717) is 5.56 Å². The van der Waals surface area contributed by atoms with E-state index in [4.69, 9.17) is 11.2 Å². The van der Waals surface area contributed by atoms with Gasteiger partial charge in [-0.25, -0.2) is 0 Å². The fourth-order valence-corrected chi connectivity index (χ4v) is 2.55. The second-order valence-electron chi connectivity index (χ2n) is 5.44. The summed E-state index contributed by atoms with van der Waals surface area (Å²) in [5.41, 5.74) is 0.134. The lowest BCUT2D eigenvalue weighted by Crippen LogP contribution is -2.29. The van der Waals surface area contributed by atoms with Gasteiger partial charge in [0.1, 0.15) is 11.6 Å². The summed E-state index contributed by atoms with van der Waals surface area (Å²) in [6, 6.07) is 5.52. The Kier molecular flexibility index (Phi) is 7.47. The first-order valence-corrected chi connectivity index (χ1v) is 7.68. The third-order valence-corrected chi connectivity index (χ3v) is 3.76. The molecule has 0 aliphatic rings. The summed E-state index contributed by atoms with van der Waals surface area (Å²) in [7, 11) is 0. The van der Waals surface area contributed by atoms with Crippen LogP contribution in [0.15, 0.2) is 24.3 Å². The summed E-state index contributed by atoms with van der Waals surface area (Å²) in [6.07, 6.45) is 4.82. The number of non-ortho nitro benzene ring substituents is 1. The number of hydrogen-bond donors (Lipinski definition) is 0. The average Bonchev–Trinajstić information content (AvgIpc) is 2.59. The second-order valence-corrected chi connectivity index (χ2v) is 5.44. The van der Waals surface area contributed by atoms with Gasteiger partial charge in [-0.15, -0.1) is 6.42 Å². The zero-order chi connectivity index (χ0) is 19.0. The molecule has 1 rings (SSSR count). The van der Waals surface area contributed by atoms with Crippen molar-refractivity contribution in [2.75, 3.05) is 6.61 Å². The molecule has 0 aliphatic carbocycles. The molecule has 0 amide bonds. The van der Waals surface area contributed by atoms with Gasteiger partial charge < -0.3 is 4.74 Å². The number of benzene rings is 1. The molecule has 25 heavy (non-hydrogen) atoms. The normalized spacial score (nSPS) is 12.5. The topological polar surface area (TPSA) is 104 Å². The van der Waals surface area contributed by atoms with Crippen LogP contribution in [-0.4, -0.2) is 29.1 Å². The Morgan fingerprint density at radius 2 is 2.04 bits per heavy atom. The van der Waals surface area contributed by atoms with Gasteiger partial charge in [0.15, 0.2) is 6.61 Å². The lowest BCUT2D eigenvalue weighted by molar-refractivity contribution is -0.384. The molecule has 0 aliphatic heterocycles. The predicted molar refractivity (Wildman–Crippen MR) is 89.7 cm³/mol. The molecule has 0 N–H and O–H groups in total. The summed E-state index contributed by atoms with van der Waals surface area (Å²) in [5, 5.41) is 11.0. The number of nitro groups is 1. The standard InChI is InChI=1S/C18H19NO6/c1-4-9-25-17(22)11-15(12(3)20)18(16(21)5-2)13-7-6-8-14(10-13)19(23)24/h1,6-8,10,15,18H,5,9,11H2,2-3H3. The first kappa shape index (κ1) is 20.0. The van der Waals surface area contributed by atoms with Gasteiger partial charge in [0.2, 0.25) is 0 Å². The van der Waals surface area contributed by atoms with Crippen molar-refractivity contribution in [2.24, 2.45) is 5.92 Å². The Balaban J connectivity index is 3.26. The van der Waals surface area contributed by atoms with Gasteiger partial charge in [0.25, 0.3) is 5.69 Å². The van der Waals surface area contributed by atoms with Crippen molar-refractivity contribution in [3.63, 3.8) is 0 Å². The van der Waals surface area contributed by atoms with Crippen molar-refractivity contribution in [3.05, 3.63) is 39.9 Å². The molecule has 0 saturated heterocycles. The van der Waals surface area contributed by atoms with E-state index in [1.54, 1.807) is 6.92 Å². The van der Waals surface area contributed by atoms with E-state index in [0.717, 1.165) is 0 Å². The number of esters is 1. The van der Waals surface area contributed by atoms with E-state index in [9.17, 15) is 24.5 Å². The van der Waals surface area contributed by atoms with Crippen molar-refractivity contribution < 1.29 is 24.0 Å². The molecular formula is C18H19NO6. The highest BCUT2D eigenvalue weighted by molar-refractivity contribution is 5.94. The molecule has 0 radical (unpaired) electrons. The third-order valence-electron chi connectivity index (χ3n) is 3.76. The van der Waals surface area contributed by atoms with Crippen LogP contribution in [0.4, 0.5) is 5.69 Å². The predicted octanol–water partition coefficient (Wildman–Crippen LogP) is 2.43. The molecule has 1 aromatic rings. The van der Waals surface area contributed by atoms with Crippen molar-refractivity contribution >= 4 is 23.2 Å². The third kappa shape index (κ3) is 5.53. The van der Waals surface area contributed by atoms with Crippen molar-refractivity contribution in [1.29, 1.82) is 0 Å². The number of Topliss-reactive ketones (excluding diaryl/α,β-unsaturated/α-hetero) is 2. The van der Waals surface area contributed by atoms with Crippen LogP contribution in [0.5, 0.6) is 0 Å². The maximum Gasteiger partial charge on any atom is 0.307 e. The van der Waals surface area contributed by atoms with Gasteiger partial charge in [-0.05, 0) is 12.5 Å². The molecule has 7 nitrogen and oxygen atoms in total. The molecule has 2 unspecified atom stereocenters. The summed E-state index contributed by atoms with van der Waals surface area (Å²) >= 11 is 0. The fourth-order valence-electron chi connectivity index (χ4n) is 2.55.